The average molecular weight is 299 g/mol. The Morgan fingerprint density at radius 1 is 1.30 bits per heavy atom. The first-order valence-corrected chi connectivity index (χ1v) is 7.97. The molecule has 0 amide bonds. The van der Waals surface area contributed by atoms with Crippen LogP contribution >= 0.6 is 0 Å². The lowest BCUT2D eigenvalue weighted by Crippen LogP contribution is -2.21. The van der Waals surface area contributed by atoms with Gasteiger partial charge in [0, 0.05) is 5.69 Å². The number of carbonyl (C=O) groups excluding carboxylic acids is 1. The number of methoxy groups -OCH3 is 1. The zero-order valence-corrected chi connectivity index (χ0v) is 13.1. The minimum Gasteiger partial charge on any atom is -0.465 e. The molecule has 0 saturated heterocycles. The largest absolute Gasteiger partial charge is 0.465 e. The van der Waals surface area contributed by atoms with E-state index in [0.29, 0.717) is 17.7 Å². The highest BCUT2D eigenvalue weighted by Gasteiger charge is 2.17. The number of esters is 1. The summed E-state index contributed by atoms with van der Waals surface area (Å²) in [6.45, 7) is 5.96. The molecule has 0 spiro atoms. The highest BCUT2D eigenvalue weighted by Crippen LogP contribution is 2.20. The Hall–Kier alpha value is -1.56. The van der Waals surface area contributed by atoms with Crippen LogP contribution in [-0.4, -0.2) is 27.2 Å². The van der Waals surface area contributed by atoms with Gasteiger partial charge in [0.1, 0.15) is 0 Å². The third-order valence-electron chi connectivity index (χ3n) is 2.68. The number of hydrogen-bond donors (Lipinski definition) is 1. The SMILES string of the molecule is COC(=O)c1cccc(NS(=O)(=O)CCC(C)(C)C)c1. The molecule has 112 valence electrons. The van der Waals surface area contributed by atoms with Crippen LogP contribution in [-0.2, 0) is 14.8 Å². The number of ether oxygens (including phenoxy) is 1. The van der Waals surface area contributed by atoms with Crippen LogP contribution in [0.25, 0.3) is 0 Å². The Labute approximate surface area is 120 Å². The van der Waals surface area contributed by atoms with E-state index in [4.69, 9.17) is 0 Å². The fourth-order valence-corrected chi connectivity index (χ4v) is 2.97. The first-order chi connectivity index (χ1) is 9.13. The maximum Gasteiger partial charge on any atom is 0.337 e. The molecule has 0 aliphatic rings. The smallest absolute Gasteiger partial charge is 0.337 e. The minimum atomic E-state index is -3.42. The molecular formula is C14H21NO4S. The predicted molar refractivity (Wildman–Crippen MR) is 79.3 cm³/mol. The molecule has 0 unspecified atom stereocenters. The number of hydrogen-bond acceptors (Lipinski definition) is 4. The van der Waals surface area contributed by atoms with Gasteiger partial charge in [-0.1, -0.05) is 26.8 Å². The third kappa shape index (κ3) is 5.61. The van der Waals surface area contributed by atoms with Crippen molar-refractivity contribution in [2.45, 2.75) is 27.2 Å². The molecule has 6 heteroatoms. The molecule has 1 N–H and O–H groups in total. The van der Waals surface area contributed by atoms with Gasteiger partial charge in [0.2, 0.25) is 10.0 Å². The molecule has 0 aromatic heterocycles. The van der Waals surface area contributed by atoms with Crippen LogP contribution in [0.15, 0.2) is 24.3 Å². The number of sulfonamides is 1. The van der Waals surface area contributed by atoms with Crippen LogP contribution < -0.4 is 4.72 Å². The van der Waals surface area contributed by atoms with E-state index >= 15 is 0 Å². The fourth-order valence-electron chi connectivity index (χ4n) is 1.50. The van der Waals surface area contributed by atoms with Gasteiger partial charge in [0.15, 0.2) is 0 Å². The third-order valence-corrected chi connectivity index (χ3v) is 3.97. The van der Waals surface area contributed by atoms with E-state index in [0.717, 1.165) is 0 Å². The van der Waals surface area contributed by atoms with Crippen LogP contribution in [0.3, 0.4) is 0 Å². The molecule has 0 bridgehead atoms. The molecule has 0 heterocycles. The van der Waals surface area contributed by atoms with Crippen molar-refractivity contribution in [3.8, 4) is 0 Å². The van der Waals surface area contributed by atoms with Crippen molar-refractivity contribution in [3.05, 3.63) is 29.8 Å². The van der Waals surface area contributed by atoms with Crippen molar-refractivity contribution in [1.82, 2.24) is 0 Å². The second-order valence-electron chi connectivity index (χ2n) is 5.80. The zero-order chi connectivity index (χ0) is 15.4. The van der Waals surface area contributed by atoms with Gasteiger partial charge in [0.05, 0.1) is 18.4 Å². The highest BCUT2D eigenvalue weighted by molar-refractivity contribution is 7.92. The van der Waals surface area contributed by atoms with Crippen LogP contribution in [0.5, 0.6) is 0 Å². The summed E-state index contributed by atoms with van der Waals surface area (Å²) in [5, 5.41) is 0. The summed E-state index contributed by atoms with van der Waals surface area (Å²) >= 11 is 0. The normalized spacial score (nSPS) is 12.0. The molecule has 0 atom stereocenters. The molecule has 5 nitrogen and oxygen atoms in total. The van der Waals surface area contributed by atoms with Gasteiger partial charge in [-0.15, -0.1) is 0 Å². The summed E-state index contributed by atoms with van der Waals surface area (Å²) in [5.41, 5.74) is 0.619. The van der Waals surface area contributed by atoms with Crippen LogP contribution in [0.1, 0.15) is 37.6 Å². The molecule has 0 saturated carbocycles. The maximum absolute atomic E-state index is 12.0. The predicted octanol–water partition coefficient (Wildman–Crippen LogP) is 2.65. The lowest BCUT2D eigenvalue weighted by atomic mass is 9.94. The molecule has 1 aromatic carbocycles. The second-order valence-corrected chi connectivity index (χ2v) is 7.65. The number of carbonyl (C=O) groups is 1. The van der Waals surface area contributed by atoms with Crippen molar-refractivity contribution >= 4 is 21.7 Å². The first kappa shape index (κ1) is 16.5. The van der Waals surface area contributed by atoms with E-state index in [1.807, 2.05) is 20.8 Å². The molecule has 0 aliphatic heterocycles. The molecule has 20 heavy (non-hydrogen) atoms. The summed E-state index contributed by atoms with van der Waals surface area (Å²) < 4.78 is 31.0. The summed E-state index contributed by atoms with van der Waals surface area (Å²) in [5.74, 6) is -0.459. The molecule has 0 fully saturated rings. The van der Waals surface area contributed by atoms with Gasteiger partial charge in [0.25, 0.3) is 0 Å². The van der Waals surface area contributed by atoms with E-state index in [-0.39, 0.29) is 11.2 Å². The zero-order valence-electron chi connectivity index (χ0n) is 12.3. The maximum atomic E-state index is 12.0. The highest BCUT2D eigenvalue weighted by atomic mass is 32.2. The monoisotopic (exact) mass is 299 g/mol. The fraction of sp³-hybridized carbons (Fsp3) is 0.500. The van der Waals surface area contributed by atoms with Gasteiger partial charge in [-0.05, 0) is 30.0 Å². The molecule has 0 aliphatic carbocycles. The van der Waals surface area contributed by atoms with Gasteiger partial charge in [-0.3, -0.25) is 4.72 Å². The molecule has 0 radical (unpaired) electrons. The first-order valence-electron chi connectivity index (χ1n) is 6.32. The van der Waals surface area contributed by atoms with Crippen LogP contribution in [0.2, 0.25) is 0 Å². The molecule has 1 aromatic rings. The van der Waals surface area contributed by atoms with Gasteiger partial charge < -0.3 is 4.74 Å². The Bertz CT molecular complexity index is 573. The van der Waals surface area contributed by atoms with Crippen molar-refractivity contribution in [2.24, 2.45) is 5.41 Å². The van der Waals surface area contributed by atoms with E-state index < -0.39 is 16.0 Å². The number of nitrogens with one attached hydrogen (secondary N) is 1. The van der Waals surface area contributed by atoms with Crippen molar-refractivity contribution in [2.75, 3.05) is 17.6 Å². The van der Waals surface area contributed by atoms with Gasteiger partial charge in [-0.25, -0.2) is 13.2 Å². The molecule has 1 rings (SSSR count). The summed E-state index contributed by atoms with van der Waals surface area (Å²) in [4.78, 5) is 11.4. The quantitative estimate of drug-likeness (QED) is 0.848. The van der Waals surface area contributed by atoms with Crippen molar-refractivity contribution in [3.63, 3.8) is 0 Å². The van der Waals surface area contributed by atoms with Gasteiger partial charge >= 0.3 is 5.97 Å². The summed E-state index contributed by atoms with van der Waals surface area (Å²) in [6, 6.07) is 6.23. The summed E-state index contributed by atoms with van der Waals surface area (Å²) in [7, 11) is -2.14. The van der Waals surface area contributed by atoms with E-state index in [1.54, 1.807) is 18.2 Å². The number of anilines is 1. The average Bonchev–Trinajstić information content (AvgIpc) is 2.35. The summed E-state index contributed by atoms with van der Waals surface area (Å²) in [6.07, 6.45) is 0.555. The topological polar surface area (TPSA) is 72.5 Å². The Balaban J connectivity index is 2.80. The number of benzene rings is 1. The number of rotatable bonds is 5. The minimum absolute atomic E-state index is 0.0406. The van der Waals surface area contributed by atoms with Crippen molar-refractivity contribution in [1.29, 1.82) is 0 Å². The lowest BCUT2D eigenvalue weighted by Gasteiger charge is -2.18. The Morgan fingerprint density at radius 3 is 2.50 bits per heavy atom. The molecular weight excluding hydrogens is 278 g/mol. The van der Waals surface area contributed by atoms with E-state index in [1.165, 1.54) is 13.2 Å². The standard InChI is InChI=1S/C14H21NO4S/c1-14(2,3)8-9-20(17,18)15-12-7-5-6-11(10-12)13(16)19-4/h5-7,10,15H,8-9H2,1-4H3. The van der Waals surface area contributed by atoms with Crippen LogP contribution in [0, 0.1) is 5.41 Å². The van der Waals surface area contributed by atoms with E-state index in [9.17, 15) is 13.2 Å². The lowest BCUT2D eigenvalue weighted by molar-refractivity contribution is 0.0601. The van der Waals surface area contributed by atoms with Crippen LogP contribution in [0.4, 0.5) is 5.69 Å². The van der Waals surface area contributed by atoms with E-state index in [2.05, 4.69) is 9.46 Å². The Kier molecular flexibility index (Phi) is 5.16. The van der Waals surface area contributed by atoms with Crippen molar-refractivity contribution < 1.29 is 17.9 Å². The Morgan fingerprint density at radius 2 is 1.95 bits per heavy atom. The second kappa shape index (κ2) is 6.26. The van der Waals surface area contributed by atoms with Gasteiger partial charge in [-0.2, -0.15) is 0 Å².